The molecule has 2 aromatic rings. The third-order valence-corrected chi connectivity index (χ3v) is 7.16. The van der Waals surface area contributed by atoms with Gasteiger partial charge in [0.1, 0.15) is 11.2 Å². The molecule has 0 heterocycles. The number of aliphatic carboxylic acids is 1. The summed E-state index contributed by atoms with van der Waals surface area (Å²) in [4.78, 5) is 11.7. The van der Waals surface area contributed by atoms with Gasteiger partial charge in [-0.05, 0) is 42.0 Å². The third-order valence-electron chi connectivity index (χ3n) is 4.62. The number of carboxylic acids is 1. The van der Waals surface area contributed by atoms with Crippen LogP contribution in [0.3, 0.4) is 0 Å². The van der Waals surface area contributed by atoms with E-state index in [2.05, 4.69) is 0 Å². The van der Waals surface area contributed by atoms with Gasteiger partial charge in [-0.15, -0.1) is 0 Å². The van der Waals surface area contributed by atoms with E-state index < -0.39 is 44.8 Å². The van der Waals surface area contributed by atoms with Gasteiger partial charge < -0.3 is 10.2 Å². The van der Waals surface area contributed by atoms with Crippen molar-refractivity contribution in [3.8, 4) is 0 Å². The summed E-state index contributed by atoms with van der Waals surface area (Å²) in [6.45, 7) is -0.845. The van der Waals surface area contributed by atoms with E-state index in [-0.39, 0.29) is 4.90 Å². The normalized spacial score (nSPS) is 25.6. The second-order valence-corrected chi connectivity index (χ2v) is 8.46. The number of benzene rings is 2. The van der Waals surface area contributed by atoms with E-state index in [9.17, 15) is 27.8 Å². The van der Waals surface area contributed by atoms with Crippen LogP contribution in [-0.4, -0.2) is 36.5 Å². The topological polar surface area (TPSA) is 91.7 Å². The van der Waals surface area contributed by atoms with Crippen LogP contribution < -0.4 is 0 Å². The number of hydrogen-bond donors (Lipinski definition) is 2. The summed E-state index contributed by atoms with van der Waals surface area (Å²) in [5.41, 5.74) is -1.52. The van der Waals surface area contributed by atoms with Crippen molar-refractivity contribution in [3.63, 3.8) is 0 Å². The SMILES string of the molecule is O=C(O)C1(CO)C(c2ccc(F)cc2)C1S(=O)(=O)c1ccc(Cl)cc1. The monoisotopic (exact) mass is 384 g/mol. The van der Waals surface area contributed by atoms with Gasteiger partial charge in [0.25, 0.3) is 0 Å². The van der Waals surface area contributed by atoms with Crippen LogP contribution in [-0.2, 0) is 14.6 Å². The predicted octanol–water partition coefficient (Wildman–Crippen LogP) is 2.48. The molecule has 1 saturated carbocycles. The van der Waals surface area contributed by atoms with Gasteiger partial charge in [0.05, 0.1) is 16.8 Å². The Morgan fingerprint density at radius 1 is 1.12 bits per heavy atom. The van der Waals surface area contributed by atoms with Gasteiger partial charge in [0.2, 0.25) is 0 Å². The fraction of sp³-hybridized carbons (Fsp3) is 0.235. The van der Waals surface area contributed by atoms with Gasteiger partial charge in [-0.1, -0.05) is 23.7 Å². The molecule has 0 aromatic heterocycles. The Balaban J connectivity index is 2.10. The van der Waals surface area contributed by atoms with E-state index in [1.54, 1.807) is 0 Å². The van der Waals surface area contributed by atoms with E-state index in [1.807, 2.05) is 0 Å². The molecule has 3 atom stereocenters. The summed E-state index contributed by atoms with van der Waals surface area (Å²) in [6, 6.07) is 10.3. The van der Waals surface area contributed by atoms with Crippen molar-refractivity contribution in [1.29, 1.82) is 0 Å². The van der Waals surface area contributed by atoms with Crippen LogP contribution in [0, 0.1) is 11.2 Å². The molecular formula is C17H14ClFO5S. The third kappa shape index (κ3) is 2.72. The highest BCUT2D eigenvalue weighted by Gasteiger charge is 2.75. The van der Waals surface area contributed by atoms with Crippen molar-refractivity contribution in [2.45, 2.75) is 16.1 Å². The van der Waals surface area contributed by atoms with Crippen molar-refractivity contribution in [2.75, 3.05) is 6.61 Å². The number of rotatable bonds is 5. The first-order chi connectivity index (χ1) is 11.7. The Bertz CT molecular complexity index is 911. The number of aliphatic hydroxyl groups is 1. The number of carboxylic acid groups (broad SMARTS) is 1. The first kappa shape index (κ1) is 17.8. The molecule has 1 aliphatic carbocycles. The molecule has 0 bridgehead atoms. The van der Waals surface area contributed by atoms with Crippen molar-refractivity contribution < 1.29 is 27.8 Å². The van der Waals surface area contributed by atoms with Crippen LogP contribution in [0.15, 0.2) is 53.4 Å². The average molecular weight is 385 g/mol. The lowest BCUT2D eigenvalue weighted by atomic mass is 10.0. The zero-order valence-electron chi connectivity index (χ0n) is 12.8. The maximum absolute atomic E-state index is 13.1. The van der Waals surface area contributed by atoms with Gasteiger partial charge >= 0.3 is 5.97 Å². The largest absolute Gasteiger partial charge is 0.481 e. The van der Waals surface area contributed by atoms with E-state index in [0.29, 0.717) is 10.6 Å². The van der Waals surface area contributed by atoms with Crippen molar-refractivity contribution in [1.82, 2.24) is 0 Å². The van der Waals surface area contributed by atoms with Crippen LogP contribution in [0.2, 0.25) is 5.02 Å². The maximum atomic E-state index is 13.1. The lowest BCUT2D eigenvalue weighted by Gasteiger charge is -2.09. The van der Waals surface area contributed by atoms with Gasteiger partial charge in [-0.2, -0.15) is 0 Å². The lowest BCUT2D eigenvalue weighted by molar-refractivity contribution is -0.145. The first-order valence-electron chi connectivity index (χ1n) is 7.34. The summed E-state index contributed by atoms with van der Waals surface area (Å²) in [7, 11) is -4.05. The molecule has 0 saturated heterocycles. The molecule has 2 aromatic carbocycles. The van der Waals surface area contributed by atoms with Crippen molar-refractivity contribution in [3.05, 3.63) is 64.9 Å². The Morgan fingerprint density at radius 3 is 2.16 bits per heavy atom. The molecule has 0 amide bonds. The molecule has 3 unspecified atom stereocenters. The quantitative estimate of drug-likeness (QED) is 0.826. The first-order valence-corrected chi connectivity index (χ1v) is 9.27. The number of sulfone groups is 1. The van der Waals surface area contributed by atoms with Crippen LogP contribution in [0.1, 0.15) is 11.5 Å². The fourth-order valence-electron chi connectivity index (χ4n) is 3.28. The molecule has 0 spiro atoms. The summed E-state index contributed by atoms with van der Waals surface area (Å²) in [5.74, 6) is -2.91. The van der Waals surface area contributed by atoms with Gasteiger partial charge in [-0.3, -0.25) is 4.79 Å². The molecule has 5 nitrogen and oxygen atoms in total. The zero-order chi connectivity index (χ0) is 18.4. The molecule has 132 valence electrons. The van der Waals surface area contributed by atoms with Crippen LogP contribution >= 0.6 is 11.6 Å². The Labute approximate surface area is 148 Å². The molecule has 0 aliphatic heterocycles. The fourth-order valence-corrected chi connectivity index (χ4v) is 5.77. The van der Waals surface area contributed by atoms with Crippen LogP contribution in [0.25, 0.3) is 0 Å². The van der Waals surface area contributed by atoms with Crippen LogP contribution in [0.5, 0.6) is 0 Å². The standard InChI is InChI=1S/C17H14ClFO5S/c18-11-3-7-13(8-4-11)25(23,24)15-14(17(15,9-20)16(21)22)10-1-5-12(19)6-2-10/h1-8,14-15,20H,9H2,(H,21,22). The summed E-state index contributed by atoms with van der Waals surface area (Å²) < 4.78 is 39.0. The molecule has 1 fully saturated rings. The van der Waals surface area contributed by atoms with E-state index in [1.165, 1.54) is 36.4 Å². The highest BCUT2D eigenvalue weighted by atomic mass is 35.5. The summed E-state index contributed by atoms with van der Waals surface area (Å²) in [5, 5.41) is 18.3. The number of halogens is 2. The maximum Gasteiger partial charge on any atom is 0.314 e. The van der Waals surface area contributed by atoms with Crippen LogP contribution in [0.4, 0.5) is 4.39 Å². The molecule has 3 rings (SSSR count). The smallest absolute Gasteiger partial charge is 0.314 e. The number of carbonyl (C=O) groups is 1. The van der Waals surface area contributed by atoms with Crippen molar-refractivity contribution >= 4 is 27.4 Å². The van der Waals surface area contributed by atoms with E-state index in [4.69, 9.17) is 11.6 Å². The van der Waals surface area contributed by atoms with E-state index >= 15 is 0 Å². The molecule has 0 radical (unpaired) electrons. The second-order valence-electron chi connectivity index (χ2n) is 5.95. The highest BCUT2D eigenvalue weighted by Crippen LogP contribution is 2.64. The molecule has 2 N–H and O–H groups in total. The average Bonchev–Trinajstić information content (AvgIpc) is 3.27. The van der Waals surface area contributed by atoms with Gasteiger partial charge in [0.15, 0.2) is 9.84 Å². The summed E-state index contributed by atoms with van der Waals surface area (Å²) in [6.07, 6.45) is 0. The molecular weight excluding hydrogens is 371 g/mol. The number of aliphatic hydroxyl groups excluding tert-OH is 1. The minimum atomic E-state index is -4.05. The second kappa shape index (κ2) is 6.09. The van der Waals surface area contributed by atoms with Gasteiger partial charge in [0, 0.05) is 10.9 Å². The van der Waals surface area contributed by atoms with Gasteiger partial charge in [-0.25, -0.2) is 12.8 Å². The van der Waals surface area contributed by atoms with Crippen molar-refractivity contribution in [2.24, 2.45) is 5.41 Å². The minimum absolute atomic E-state index is 0.0782. The minimum Gasteiger partial charge on any atom is -0.481 e. The molecule has 1 aliphatic rings. The molecule has 25 heavy (non-hydrogen) atoms. The zero-order valence-corrected chi connectivity index (χ0v) is 14.3. The molecule has 8 heteroatoms. The number of hydrogen-bond acceptors (Lipinski definition) is 4. The Morgan fingerprint density at radius 2 is 1.68 bits per heavy atom. The predicted molar refractivity (Wildman–Crippen MR) is 88.7 cm³/mol. The highest BCUT2D eigenvalue weighted by molar-refractivity contribution is 7.92. The Hall–Kier alpha value is -1.96. The summed E-state index contributed by atoms with van der Waals surface area (Å²) >= 11 is 5.77. The van der Waals surface area contributed by atoms with E-state index in [0.717, 1.165) is 12.1 Å². The lowest BCUT2D eigenvalue weighted by Crippen LogP contribution is -2.27. The Kier molecular flexibility index (Phi) is 4.35.